The Kier molecular flexibility index (Phi) is 3.07. The first-order valence-electron chi connectivity index (χ1n) is 6.71. The van der Waals surface area contributed by atoms with Crippen molar-refractivity contribution in [3.63, 3.8) is 0 Å². The van der Waals surface area contributed by atoms with Crippen molar-refractivity contribution >= 4 is 5.91 Å². The molecule has 0 aromatic carbocycles. The molecule has 5 nitrogen and oxygen atoms in total. The Bertz CT molecular complexity index is 430. The molecule has 1 saturated heterocycles. The summed E-state index contributed by atoms with van der Waals surface area (Å²) < 4.78 is 1.84. The fraction of sp³-hybridized carbons (Fsp3) is 0.692. The molecule has 5 heteroatoms. The second kappa shape index (κ2) is 4.72. The molecule has 1 aliphatic carbocycles. The van der Waals surface area contributed by atoms with E-state index in [4.69, 9.17) is 0 Å². The molecule has 0 spiro atoms. The molecule has 0 N–H and O–H groups in total. The Morgan fingerprint density at radius 1 is 1.33 bits per heavy atom. The van der Waals surface area contributed by atoms with Crippen LogP contribution >= 0.6 is 0 Å². The quantitative estimate of drug-likeness (QED) is 0.781. The van der Waals surface area contributed by atoms with E-state index in [0.29, 0.717) is 11.8 Å². The SMILES string of the molecule is Cn1cc(CN2CCN(C(=O)C3CC3)CC2)cn1. The summed E-state index contributed by atoms with van der Waals surface area (Å²) in [5, 5.41) is 4.18. The summed E-state index contributed by atoms with van der Waals surface area (Å²) in [4.78, 5) is 16.4. The average molecular weight is 248 g/mol. The zero-order chi connectivity index (χ0) is 12.5. The van der Waals surface area contributed by atoms with Crippen LogP contribution in [-0.4, -0.2) is 51.7 Å². The number of piperazine rings is 1. The summed E-state index contributed by atoms with van der Waals surface area (Å²) in [7, 11) is 1.94. The lowest BCUT2D eigenvalue weighted by Gasteiger charge is -2.34. The molecule has 1 aliphatic heterocycles. The van der Waals surface area contributed by atoms with Crippen LogP contribution in [0.1, 0.15) is 18.4 Å². The van der Waals surface area contributed by atoms with Crippen LogP contribution in [0.4, 0.5) is 0 Å². The van der Waals surface area contributed by atoms with Crippen molar-refractivity contribution in [1.29, 1.82) is 0 Å². The van der Waals surface area contributed by atoms with E-state index in [2.05, 4.69) is 16.2 Å². The Labute approximate surface area is 107 Å². The zero-order valence-corrected chi connectivity index (χ0v) is 10.9. The molecule has 0 unspecified atom stereocenters. The van der Waals surface area contributed by atoms with Gasteiger partial charge in [0.05, 0.1) is 6.20 Å². The van der Waals surface area contributed by atoms with E-state index in [-0.39, 0.29) is 0 Å². The van der Waals surface area contributed by atoms with E-state index in [1.54, 1.807) is 0 Å². The maximum absolute atomic E-state index is 11.9. The van der Waals surface area contributed by atoms with Gasteiger partial charge in [-0.15, -0.1) is 0 Å². The Hall–Kier alpha value is -1.36. The number of aryl methyl sites for hydroxylation is 1. The molecule has 0 atom stereocenters. The molecular weight excluding hydrogens is 228 g/mol. The van der Waals surface area contributed by atoms with E-state index in [0.717, 1.165) is 45.6 Å². The van der Waals surface area contributed by atoms with Crippen LogP contribution in [0, 0.1) is 5.92 Å². The van der Waals surface area contributed by atoms with Gasteiger partial charge >= 0.3 is 0 Å². The number of hydrogen-bond donors (Lipinski definition) is 0. The lowest BCUT2D eigenvalue weighted by atomic mass is 10.2. The standard InChI is InChI=1S/C13H20N4O/c1-15-9-11(8-14-15)10-16-4-6-17(7-5-16)13(18)12-2-3-12/h8-9,12H,2-7,10H2,1H3. The van der Waals surface area contributed by atoms with Crippen molar-refractivity contribution in [1.82, 2.24) is 19.6 Å². The summed E-state index contributed by atoms with van der Waals surface area (Å²) in [5.74, 6) is 0.742. The van der Waals surface area contributed by atoms with Gasteiger partial charge in [-0.1, -0.05) is 0 Å². The van der Waals surface area contributed by atoms with Crippen LogP contribution in [0.25, 0.3) is 0 Å². The number of carbonyl (C=O) groups excluding carboxylic acids is 1. The van der Waals surface area contributed by atoms with Crippen LogP contribution in [0.2, 0.25) is 0 Å². The summed E-state index contributed by atoms with van der Waals surface area (Å²) in [5.41, 5.74) is 1.25. The van der Waals surface area contributed by atoms with Gasteiger partial charge < -0.3 is 4.90 Å². The normalized spacial score (nSPS) is 21.3. The van der Waals surface area contributed by atoms with Crippen LogP contribution < -0.4 is 0 Å². The van der Waals surface area contributed by atoms with Gasteiger partial charge in [-0.3, -0.25) is 14.4 Å². The highest BCUT2D eigenvalue weighted by molar-refractivity contribution is 5.81. The third kappa shape index (κ3) is 2.56. The maximum atomic E-state index is 11.9. The van der Waals surface area contributed by atoms with Crippen molar-refractivity contribution in [2.45, 2.75) is 19.4 Å². The van der Waals surface area contributed by atoms with E-state index < -0.39 is 0 Å². The molecule has 1 amide bonds. The second-order valence-corrected chi connectivity index (χ2v) is 5.40. The third-order valence-electron chi connectivity index (χ3n) is 3.78. The van der Waals surface area contributed by atoms with Gasteiger partial charge in [0.25, 0.3) is 0 Å². The second-order valence-electron chi connectivity index (χ2n) is 5.40. The predicted molar refractivity (Wildman–Crippen MR) is 67.8 cm³/mol. The largest absolute Gasteiger partial charge is 0.340 e. The highest BCUT2D eigenvalue weighted by Crippen LogP contribution is 2.31. The number of aromatic nitrogens is 2. The first-order chi connectivity index (χ1) is 8.72. The van der Waals surface area contributed by atoms with Gasteiger partial charge in [0.15, 0.2) is 0 Å². The molecule has 2 fully saturated rings. The first-order valence-corrected chi connectivity index (χ1v) is 6.71. The fourth-order valence-corrected chi connectivity index (χ4v) is 2.53. The Morgan fingerprint density at radius 2 is 2.06 bits per heavy atom. The van der Waals surface area contributed by atoms with Gasteiger partial charge in [-0.2, -0.15) is 5.10 Å². The van der Waals surface area contributed by atoms with Crippen LogP contribution in [-0.2, 0) is 18.4 Å². The maximum Gasteiger partial charge on any atom is 0.225 e. The topological polar surface area (TPSA) is 41.4 Å². The molecule has 0 bridgehead atoms. The van der Waals surface area contributed by atoms with Crippen molar-refractivity contribution in [3.8, 4) is 0 Å². The van der Waals surface area contributed by atoms with E-state index in [9.17, 15) is 4.79 Å². The number of carbonyl (C=O) groups is 1. The van der Waals surface area contributed by atoms with Crippen molar-refractivity contribution in [2.24, 2.45) is 13.0 Å². The minimum absolute atomic E-state index is 0.356. The molecule has 0 radical (unpaired) electrons. The Balaban J connectivity index is 1.49. The first kappa shape index (κ1) is 11.7. The van der Waals surface area contributed by atoms with Gasteiger partial charge in [-0.05, 0) is 12.8 Å². The molecule has 1 aromatic heterocycles. The van der Waals surface area contributed by atoms with Gasteiger partial charge in [-0.25, -0.2) is 0 Å². The average Bonchev–Trinajstić information content (AvgIpc) is 3.14. The molecular formula is C13H20N4O. The summed E-state index contributed by atoms with van der Waals surface area (Å²) >= 11 is 0. The van der Waals surface area contributed by atoms with Crippen molar-refractivity contribution < 1.29 is 4.79 Å². The minimum atomic E-state index is 0.356. The molecule has 1 saturated carbocycles. The highest BCUT2D eigenvalue weighted by Gasteiger charge is 2.34. The smallest absolute Gasteiger partial charge is 0.225 e. The number of nitrogens with zero attached hydrogens (tertiary/aromatic N) is 4. The number of rotatable bonds is 3. The molecule has 18 heavy (non-hydrogen) atoms. The van der Waals surface area contributed by atoms with Crippen LogP contribution in [0.3, 0.4) is 0 Å². The van der Waals surface area contributed by atoms with E-state index >= 15 is 0 Å². The zero-order valence-electron chi connectivity index (χ0n) is 10.9. The fourth-order valence-electron chi connectivity index (χ4n) is 2.53. The van der Waals surface area contributed by atoms with Crippen molar-refractivity contribution in [2.75, 3.05) is 26.2 Å². The van der Waals surface area contributed by atoms with Crippen LogP contribution in [0.5, 0.6) is 0 Å². The third-order valence-corrected chi connectivity index (χ3v) is 3.78. The molecule has 98 valence electrons. The molecule has 3 rings (SSSR count). The van der Waals surface area contributed by atoms with E-state index in [1.165, 1.54) is 5.56 Å². The van der Waals surface area contributed by atoms with E-state index in [1.807, 2.05) is 22.8 Å². The van der Waals surface area contributed by atoms with Gasteiger partial charge in [0.1, 0.15) is 0 Å². The monoisotopic (exact) mass is 248 g/mol. The summed E-state index contributed by atoms with van der Waals surface area (Å²) in [6.45, 7) is 4.67. The highest BCUT2D eigenvalue weighted by atomic mass is 16.2. The summed E-state index contributed by atoms with van der Waals surface area (Å²) in [6, 6.07) is 0. The number of hydrogen-bond acceptors (Lipinski definition) is 3. The number of amides is 1. The summed E-state index contributed by atoms with van der Waals surface area (Å²) in [6.07, 6.45) is 6.19. The molecule has 2 heterocycles. The molecule has 2 aliphatic rings. The molecule has 1 aromatic rings. The predicted octanol–water partition coefficient (Wildman–Crippen LogP) is 0.474. The van der Waals surface area contributed by atoms with Gasteiger partial charge in [0, 0.05) is 57.4 Å². The lowest BCUT2D eigenvalue weighted by molar-refractivity contribution is -0.134. The van der Waals surface area contributed by atoms with Gasteiger partial charge in [0.2, 0.25) is 5.91 Å². The van der Waals surface area contributed by atoms with Crippen LogP contribution in [0.15, 0.2) is 12.4 Å². The lowest BCUT2D eigenvalue weighted by Crippen LogP contribution is -2.48. The van der Waals surface area contributed by atoms with Crippen molar-refractivity contribution in [3.05, 3.63) is 18.0 Å². The minimum Gasteiger partial charge on any atom is -0.340 e. The Morgan fingerprint density at radius 3 is 2.61 bits per heavy atom.